The molecule has 2 fully saturated rings. The second-order valence-electron chi connectivity index (χ2n) is 5.60. The van der Waals surface area contributed by atoms with Gasteiger partial charge in [0, 0.05) is 58.6 Å². The van der Waals surface area contributed by atoms with Gasteiger partial charge in [0.15, 0.2) is 0 Å². The van der Waals surface area contributed by atoms with E-state index in [9.17, 15) is 4.39 Å². The molecule has 1 aromatic heterocycles. The number of anilines is 1. The van der Waals surface area contributed by atoms with Crippen LogP contribution in [0.25, 0.3) is 0 Å². The van der Waals surface area contributed by atoms with E-state index in [4.69, 9.17) is 0 Å². The maximum Gasteiger partial charge on any atom is 0.114 e. The summed E-state index contributed by atoms with van der Waals surface area (Å²) in [6, 6.07) is 0.333. The average Bonchev–Trinajstić information content (AvgIpc) is 3.00. The number of hydrogen-bond donors (Lipinski definition) is 1. The van der Waals surface area contributed by atoms with Crippen LogP contribution in [0.4, 0.5) is 10.1 Å². The Hall–Kier alpha value is -1.14. The molecule has 3 heterocycles. The quantitative estimate of drug-likeness (QED) is 0.851. The Morgan fingerprint density at radius 1 is 1.37 bits per heavy atom. The van der Waals surface area contributed by atoms with E-state index in [-0.39, 0.29) is 0 Å². The Labute approximate surface area is 113 Å². The number of halogens is 1. The van der Waals surface area contributed by atoms with Crippen molar-refractivity contribution in [1.82, 2.24) is 20.0 Å². The molecule has 106 valence electrons. The van der Waals surface area contributed by atoms with Crippen LogP contribution in [0.3, 0.4) is 0 Å². The molecule has 5 nitrogen and oxygen atoms in total. The van der Waals surface area contributed by atoms with E-state index in [1.54, 1.807) is 0 Å². The zero-order valence-electron chi connectivity index (χ0n) is 11.4. The molecule has 3 rings (SSSR count). The average molecular weight is 267 g/mol. The molecule has 1 N–H and O–H groups in total. The van der Waals surface area contributed by atoms with E-state index in [0.717, 1.165) is 32.7 Å². The van der Waals surface area contributed by atoms with Crippen LogP contribution in [0, 0.1) is 0 Å². The lowest BCUT2D eigenvalue weighted by molar-refractivity contribution is 0.232. The van der Waals surface area contributed by atoms with Gasteiger partial charge in [-0.25, -0.2) is 4.39 Å². The summed E-state index contributed by atoms with van der Waals surface area (Å²) < 4.78 is 15.0. The van der Waals surface area contributed by atoms with Crippen molar-refractivity contribution in [3.8, 4) is 0 Å². The first-order chi connectivity index (χ1) is 9.20. The Bertz CT molecular complexity index is 413. The summed E-state index contributed by atoms with van der Waals surface area (Å²) in [4.78, 5) is 4.80. The maximum absolute atomic E-state index is 13.1. The van der Waals surface area contributed by atoms with Crippen molar-refractivity contribution < 1.29 is 4.39 Å². The van der Waals surface area contributed by atoms with Crippen molar-refractivity contribution >= 4 is 5.69 Å². The highest BCUT2D eigenvalue weighted by Gasteiger charge is 2.26. The minimum absolute atomic E-state index is 0.333. The fourth-order valence-electron chi connectivity index (χ4n) is 2.98. The normalized spacial score (nSPS) is 29.1. The molecule has 2 aliphatic rings. The van der Waals surface area contributed by atoms with Crippen molar-refractivity contribution in [2.45, 2.75) is 18.6 Å². The summed E-state index contributed by atoms with van der Waals surface area (Å²) >= 11 is 0. The van der Waals surface area contributed by atoms with Gasteiger partial charge in [-0.1, -0.05) is 0 Å². The minimum Gasteiger partial charge on any atom is -0.366 e. The second kappa shape index (κ2) is 5.46. The summed E-state index contributed by atoms with van der Waals surface area (Å²) in [7, 11) is 1.94. The first-order valence-corrected chi connectivity index (χ1v) is 7.04. The van der Waals surface area contributed by atoms with Crippen molar-refractivity contribution in [3.63, 3.8) is 0 Å². The Balaban J connectivity index is 1.47. The second-order valence-corrected chi connectivity index (χ2v) is 5.60. The van der Waals surface area contributed by atoms with Crippen LogP contribution < -0.4 is 10.2 Å². The van der Waals surface area contributed by atoms with Gasteiger partial charge in [0.05, 0.1) is 11.9 Å². The van der Waals surface area contributed by atoms with Gasteiger partial charge < -0.3 is 10.2 Å². The highest BCUT2D eigenvalue weighted by molar-refractivity contribution is 5.42. The number of nitrogens with one attached hydrogen (secondary N) is 1. The van der Waals surface area contributed by atoms with Crippen molar-refractivity contribution in [1.29, 1.82) is 0 Å². The number of aromatic nitrogens is 2. The zero-order valence-corrected chi connectivity index (χ0v) is 11.4. The first kappa shape index (κ1) is 12.9. The van der Waals surface area contributed by atoms with Gasteiger partial charge in [-0.2, -0.15) is 5.10 Å². The largest absolute Gasteiger partial charge is 0.366 e. The van der Waals surface area contributed by atoms with Gasteiger partial charge >= 0.3 is 0 Å². The van der Waals surface area contributed by atoms with E-state index in [0.29, 0.717) is 19.0 Å². The lowest BCUT2D eigenvalue weighted by Gasteiger charge is -2.36. The molecule has 19 heavy (non-hydrogen) atoms. The summed E-state index contributed by atoms with van der Waals surface area (Å²) in [6.45, 7) is 5.64. The highest BCUT2D eigenvalue weighted by Crippen LogP contribution is 2.16. The predicted octanol–water partition coefficient (Wildman–Crippen LogP) is 0.242. The third-order valence-electron chi connectivity index (χ3n) is 4.08. The molecular formula is C13H22FN5. The van der Waals surface area contributed by atoms with E-state index in [2.05, 4.69) is 26.4 Å². The van der Waals surface area contributed by atoms with Crippen LogP contribution in [0.5, 0.6) is 0 Å². The molecule has 2 atom stereocenters. The molecule has 2 saturated heterocycles. The fourth-order valence-corrected chi connectivity index (χ4v) is 2.98. The first-order valence-electron chi connectivity index (χ1n) is 7.04. The van der Waals surface area contributed by atoms with Gasteiger partial charge in [-0.3, -0.25) is 9.58 Å². The van der Waals surface area contributed by atoms with Gasteiger partial charge in [-0.15, -0.1) is 0 Å². The molecule has 0 amide bonds. The molecule has 0 aliphatic carbocycles. The van der Waals surface area contributed by atoms with E-state index in [1.165, 1.54) is 5.69 Å². The molecule has 0 saturated carbocycles. The summed E-state index contributed by atoms with van der Waals surface area (Å²) in [5.41, 5.74) is 1.20. The lowest BCUT2D eigenvalue weighted by atomic mass is 10.2. The van der Waals surface area contributed by atoms with E-state index < -0.39 is 6.17 Å². The number of hydrogen-bond acceptors (Lipinski definition) is 4. The van der Waals surface area contributed by atoms with Crippen LogP contribution in [0.1, 0.15) is 6.42 Å². The van der Waals surface area contributed by atoms with Crippen LogP contribution in [-0.4, -0.2) is 66.2 Å². The third-order valence-corrected chi connectivity index (χ3v) is 4.08. The number of alkyl halides is 1. The smallest absolute Gasteiger partial charge is 0.114 e. The molecular weight excluding hydrogens is 245 g/mol. The number of piperazine rings is 1. The van der Waals surface area contributed by atoms with Crippen LogP contribution in [-0.2, 0) is 7.05 Å². The summed E-state index contributed by atoms with van der Waals surface area (Å²) in [5.74, 6) is 0. The van der Waals surface area contributed by atoms with Crippen molar-refractivity contribution in [2.24, 2.45) is 7.05 Å². The molecule has 1 aromatic rings. The molecule has 0 aromatic carbocycles. The zero-order chi connectivity index (χ0) is 13.2. The standard InChI is InChI=1S/C13H22FN5/c1-17-10-13(8-16-17)19-4-2-18(3-5-19)9-12-6-11(14)7-15-12/h8,10-12,15H,2-7,9H2,1H3/t11-,12-/m0/s1. The summed E-state index contributed by atoms with van der Waals surface area (Å²) in [6.07, 6.45) is 3.99. The molecule has 0 radical (unpaired) electrons. The van der Waals surface area contributed by atoms with Crippen LogP contribution in [0.15, 0.2) is 12.4 Å². The van der Waals surface area contributed by atoms with Crippen molar-refractivity contribution in [2.75, 3.05) is 44.2 Å². The molecule has 0 spiro atoms. The fraction of sp³-hybridized carbons (Fsp3) is 0.769. The Morgan fingerprint density at radius 3 is 2.74 bits per heavy atom. The lowest BCUT2D eigenvalue weighted by Crippen LogP contribution is -2.49. The molecule has 2 aliphatic heterocycles. The van der Waals surface area contributed by atoms with Gasteiger partial charge in [0.1, 0.15) is 6.17 Å². The van der Waals surface area contributed by atoms with Gasteiger partial charge in [-0.05, 0) is 6.42 Å². The van der Waals surface area contributed by atoms with E-state index >= 15 is 0 Å². The van der Waals surface area contributed by atoms with Crippen LogP contribution in [0.2, 0.25) is 0 Å². The number of aryl methyl sites for hydroxylation is 1. The molecule has 0 unspecified atom stereocenters. The topological polar surface area (TPSA) is 36.3 Å². The van der Waals surface area contributed by atoms with E-state index in [1.807, 2.05) is 17.9 Å². The summed E-state index contributed by atoms with van der Waals surface area (Å²) in [5, 5.41) is 7.47. The minimum atomic E-state index is -0.651. The monoisotopic (exact) mass is 267 g/mol. The number of nitrogens with zero attached hydrogens (tertiary/aromatic N) is 4. The van der Waals surface area contributed by atoms with Crippen molar-refractivity contribution in [3.05, 3.63) is 12.4 Å². The van der Waals surface area contributed by atoms with Crippen LogP contribution >= 0.6 is 0 Å². The molecule has 6 heteroatoms. The van der Waals surface area contributed by atoms with Gasteiger partial charge in [0.2, 0.25) is 0 Å². The third kappa shape index (κ3) is 3.06. The SMILES string of the molecule is Cn1cc(N2CCN(C[C@@H]3C[C@H](F)CN3)CC2)cn1. The number of rotatable bonds is 3. The molecule has 0 bridgehead atoms. The maximum atomic E-state index is 13.1. The Kier molecular flexibility index (Phi) is 3.70. The predicted molar refractivity (Wildman–Crippen MR) is 73.2 cm³/mol. The highest BCUT2D eigenvalue weighted by atomic mass is 19.1. The van der Waals surface area contributed by atoms with Gasteiger partial charge in [0.25, 0.3) is 0 Å². The Morgan fingerprint density at radius 2 is 2.16 bits per heavy atom.